The average molecular weight is 815 g/mol. The topological polar surface area (TPSA) is 48.8 Å². The summed E-state index contributed by atoms with van der Waals surface area (Å²) in [5, 5.41) is 12.7. The molecule has 4 nitrogen and oxygen atoms in total. The van der Waals surface area contributed by atoms with Crippen molar-refractivity contribution in [2.24, 2.45) is 9.98 Å². The number of benzene rings is 8. The fraction of sp³-hybridized carbons (Fsp3) is 0.0741. The number of rotatable bonds is 11. The average Bonchev–Trinajstić information content (AvgIpc) is 3.28. The van der Waals surface area contributed by atoms with Gasteiger partial charge >= 0.3 is 0 Å². The predicted molar refractivity (Wildman–Crippen MR) is 263 cm³/mol. The van der Waals surface area contributed by atoms with Gasteiger partial charge in [0.1, 0.15) is 11.2 Å². The number of anilines is 2. The largest absolute Gasteiger partial charge is 0.339 e. The Balaban J connectivity index is 1.28. The molecule has 6 heteroatoms. The zero-order chi connectivity index (χ0) is 41.3. The van der Waals surface area contributed by atoms with Crippen LogP contribution in [0.25, 0.3) is 11.1 Å². The van der Waals surface area contributed by atoms with E-state index in [1.165, 1.54) is 43.5 Å². The van der Waals surface area contributed by atoms with Crippen molar-refractivity contribution in [3.63, 3.8) is 0 Å². The lowest BCUT2D eigenvalue weighted by molar-refractivity contribution is 1.37. The molecule has 0 spiro atoms. The van der Waals surface area contributed by atoms with Crippen LogP contribution in [0.1, 0.15) is 22.3 Å². The first kappa shape index (κ1) is 40.3. The Kier molecular flexibility index (Phi) is 12.8. The molecule has 0 heterocycles. The zero-order valence-electron chi connectivity index (χ0n) is 34.4. The molecular weight excluding hydrogens is 767 g/mol. The summed E-state index contributed by atoms with van der Waals surface area (Å²) in [5.74, 6) is 0. The Morgan fingerprint density at radius 3 is 1.17 bits per heavy atom. The minimum Gasteiger partial charge on any atom is -0.339 e. The molecule has 8 aromatic rings. The van der Waals surface area contributed by atoms with Gasteiger partial charge in [0.2, 0.25) is 0 Å². The standard InChI is InChI=1S/C54H48N4P2/c1-39-22-19-23-40(2)51(39)57-53(59(45-28-9-5-10-29-45)46-30-11-6-12-31-46)55-44-27-21-26-43(38-44)49-36-17-18-37-50(49)56-54(58-52-41(3)24-20-25-42(52)4)60(47-32-13-7-14-33-47)48-34-15-8-16-35-48/h5-38H,1-4H3,(H,55,57)(H,56,58). The minimum absolute atomic E-state index is 0.865. The summed E-state index contributed by atoms with van der Waals surface area (Å²) in [5.41, 5.74) is 12.5. The van der Waals surface area contributed by atoms with Crippen LogP contribution in [0, 0.1) is 27.7 Å². The highest BCUT2D eigenvalue weighted by atomic mass is 31.1. The summed E-state index contributed by atoms with van der Waals surface area (Å²) >= 11 is 0. The third-order valence-electron chi connectivity index (χ3n) is 10.4. The van der Waals surface area contributed by atoms with Gasteiger partial charge in [-0.05, 0) is 94.9 Å². The molecule has 8 aromatic carbocycles. The molecule has 0 aliphatic rings. The van der Waals surface area contributed by atoms with Gasteiger partial charge in [-0.3, -0.25) is 0 Å². The van der Waals surface area contributed by atoms with E-state index in [9.17, 15) is 0 Å². The second-order valence-corrected chi connectivity index (χ2v) is 19.0. The number of aryl methyl sites for hydroxylation is 4. The van der Waals surface area contributed by atoms with Crippen LogP contribution in [-0.2, 0) is 0 Å². The quantitative estimate of drug-likeness (QED) is 0.0776. The van der Waals surface area contributed by atoms with E-state index in [1.807, 2.05) is 0 Å². The van der Waals surface area contributed by atoms with Crippen molar-refractivity contribution >= 4 is 71.0 Å². The third-order valence-corrected chi connectivity index (χ3v) is 15.0. The molecule has 0 aliphatic carbocycles. The number of hydrogen-bond donors (Lipinski definition) is 2. The van der Waals surface area contributed by atoms with E-state index >= 15 is 0 Å². The number of para-hydroxylation sites is 3. The molecule has 0 aliphatic heterocycles. The van der Waals surface area contributed by atoms with Crippen molar-refractivity contribution in [1.29, 1.82) is 0 Å². The summed E-state index contributed by atoms with van der Waals surface area (Å²) in [6.45, 7) is 8.63. The van der Waals surface area contributed by atoms with Crippen molar-refractivity contribution in [1.82, 2.24) is 0 Å². The molecule has 0 atom stereocenters. The number of aliphatic imine (C=N–C) groups is 2. The third kappa shape index (κ3) is 9.38. The highest BCUT2D eigenvalue weighted by molar-refractivity contribution is 7.88. The Morgan fingerprint density at radius 1 is 0.367 bits per heavy atom. The maximum absolute atomic E-state index is 5.63. The van der Waals surface area contributed by atoms with E-state index in [2.05, 4.69) is 245 Å². The van der Waals surface area contributed by atoms with Gasteiger partial charge in [0.05, 0.1) is 11.4 Å². The van der Waals surface area contributed by atoms with E-state index < -0.39 is 15.8 Å². The second kappa shape index (κ2) is 19.1. The van der Waals surface area contributed by atoms with Crippen LogP contribution in [-0.4, -0.2) is 11.2 Å². The second-order valence-electron chi connectivity index (χ2n) is 14.7. The van der Waals surface area contributed by atoms with Crippen LogP contribution in [0.4, 0.5) is 22.7 Å². The number of amidine groups is 2. The van der Waals surface area contributed by atoms with Gasteiger partial charge in [-0.25, -0.2) is 9.98 Å². The van der Waals surface area contributed by atoms with Crippen LogP contribution in [0.3, 0.4) is 0 Å². The summed E-state index contributed by atoms with van der Waals surface area (Å²) in [6, 6.07) is 72.9. The van der Waals surface area contributed by atoms with Crippen LogP contribution in [0.2, 0.25) is 0 Å². The van der Waals surface area contributed by atoms with E-state index in [0.717, 1.165) is 45.0 Å². The lowest BCUT2D eigenvalue weighted by atomic mass is 10.0. The molecule has 2 N–H and O–H groups in total. The Morgan fingerprint density at radius 2 is 0.733 bits per heavy atom. The van der Waals surface area contributed by atoms with Crippen molar-refractivity contribution in [3.05, 3.63) is 229 Å². The Bertz CT molecular complexity index is 2630. The number of nitrogens with zero attached hydrogens (tertiary/aromatic N) is 2. The van der Waals surface area contributed by atoms with Crippen LogP contribution < -0.4 is 31.9 Å². The van der Waals surface area contributed by atoms with Gasteiger partial charge < -0.3 is 10.6 Å². The number of hydrogen-bond acceptors (Lipinski definition) is 2. The van der Waals surface area contributed by atoms with Crippen molar-refractivity contribution < 1.29 is 0 Å². The monoisotopic (exact) mass is 814 g/mol. The molecule has 0 saturated carbocycles. The first-order chi connectivity index (χ1) is 29.4. The minimum atomic E-state index is -1.06. The maximum atomic E-state index is 5.63. The van der Waals surface area contributed by atoms with Gasteiger partial charge in [0, 0.05) is 32.8 Å². The maximum Gasteiger partial charge on any atom is 0.139 e. The molecule has 294 valence electrons. The highest BCUT2D eigenvalue weighted by Gasteiger charge is 2.24. The molecule has 0 amide bonds. The first-order valence-corrected chi connectivity index (χ1v) is 22.9. The Labute approximate surface area is 357 Å². The van der Waals surface area contributed by atoms with E-state index in [0.29, 0.717) is 0 Å². The fourth-order valence-electron chi connectivity index (χ4n) is 7.40. The summed E-state index contributed by atoms with van der Waals surface area (Å²) in [6.07, 6.45) is 0. The van der Waals surface area contributed by atoms with E-state index in [4.69, 9.17) is 9.98 Å². The van der Waals surface area contributed by atoms with E-state index in [1.54, 1.807) is 0 Å². The highest BCUT2D eigenvalue weighted by Crippen LogP contribution is 2.42. The summed E-state index contributed by atoms with van der Waals surface area (Å²) < 4.78 is 0. The van der Waals surface area contributed by atoms with Crippen LogP contribution in [0.5, 0.6) is 0 Å². The van der Waals surface area contributed by atoms with Gasteiger partial charge in [-0.2, -0.15) is 0 Å². The van der Waals surface area contributed by atoms with Gasteiger partial charge in [-0.1, -0.05) is 188 Å². The molecule has 8 rings (SSSR count). The zero-order valence-corrected chi connectivity index (χ0v) is 36.2. The summed E-state index contributed by atoms with van der Waals surface area (Å²) in [7, 11) is -2.10. The van der Waals surface area contributed by atoms with Crippen LogP contribution >= 0.6 is 15.8 Å². The van der Waals surface area contributed by atoms with Crippen molar-refractivity contribution in [2.75, 3.05) is 10.6 Å². The number of nitrogens with one attached hydrogen (secondary N) is 2. The van der Waals surface area contributed by atoms with Crippen molar-refractivity contribution in [2.45, 2.75) is 27.7 Å². The van der Waals surface area contributed by atoms with Crippen molar-refractivity contribution in [3.8, 4) is 11.1 Å². The first-order valence-electron chi connectivity index (χ1n) is 20.3. The molecule has 0 bridgehead atoms. The molecule has 0 radical (unpaired) electrons. The van der Waals surface area contributed by atoms with Gasteiger partial charge in [-0.15, -0.1) is 0 Å². The SMILES string of the molecule is Cc1cccc(C)c1N/C(=N/c1cccc(-c2ccccc2/N=C(/Nc2c(C)cccc2C)P(c2ccccc2)c2ccccc2)c1)P(c1ccccc1)c1ccccc1. The molecule has 0 saturated heterocycles. The normalized spacial score (nSPS) is 11.8. The Hall–Kier alpha value is -6.44. The van der Waals surface area contributed by atoms with Gasteiger partial charge in [0.25, 0.3) is 0 Å². The predicted octanol–water partition coefficient (Wildman–Crippen LogP) is 13.1. The summed E-state index contributed by atoms with van der Waals surface area (Å²) in [4.78, 5) is 11.2. The molecular formula is C54H48N4P2. The molecule has 0 aromatic heterocycles. The van der Waals surface area contributed by atoms with E-state index in [-0.39, 0.29) is 0 Å². The molecule has 0 unspecified atom stereocenters. The lowest BCUT2D eigenvalue weighted by Crippen LogP contribution is -2.24. The molecule has 60 heavy (non-hydrogen) atoms. The lowest BCUT2D eigenvalue weighted by Gasteiger charge is -2.24. The fourth-order valence-corrected chi connectivity index (χ4v) is 11.7. The van der Waals surface area contributed by atoms with Gasteiger partial charge in [0.15, 0.2) is 0 Å². The molecule has 0 fully saturated rings. The smallest absolute Gasteiger partial charge is 0.139 e. The van der Waals surface area contributed by atoms with Crippen LogP contribution in [0.15, 0.2) is 216 Å².